The molecule has 0 saturated carbocycles. The number of carbonyl (C=O) groups excluding carboxylic acids is 1. The quantitative estimate of drug-likeness (QED) is 0.783. The highest BCUT2D eigenvalue weighted by Crippen LogP contribution is 2.27. The van der Waals surface area contributed by atoms with Gasteiger partial charge in [-0.15, -0.1) is 0 Å². The van der Waals surface area contributed by atoms with Gasteiger partial charge in [0.15, 0.2) is 0 Å². The van der Waals surface area contributed by atoms with Gasteiger partial charge in [-0.1, -0.05) is 18.2 Å². The van der Waals surface area contributed by atoms with E-state index < -0.39 is 10.0 Å². The summed E-state index contributed by atoms with van der Waals surface area (Å²) in [4.78, 5) is 20.7. The topological polar surface area (TPSA) is 73.8 Å². The lowest BCUT2D eigenvalue weighted by molar-refractivity contribution is -0.119. The molecule has 0 spiro atoms. The summed E-state index contributed by atoms with van der Waals surface area (Å²) in [5, 5.41) is 0. The third-order valence-corrected chi connectivity index (χ3v) is 7.03. The van der Waals surface area contributed by atoms with Gasteiger partial charge in [0.25, 0.3) is 0 Å². The zero-order valence-corrected chi connectivity index (χ0v) is 15.8. The number of piperazine rings is 1. The van der Waals surface area contributed by atoms with Crippen molar-refractivity contribution in [3.63, 3.8) is 0 Å². The first kappa shape index (κ1) is 18.1. The molecule has 2 aliphatic rings. The molecule has 0 N–H and O–H groups in total. The summed E-state index contributed by atoms with van der Waals surface area (Å²) in [6, 6.07) is 11.2. The Morgan fingerprint density at radius 3 is 2.52 bits per heavy atom. The van der Waals surface area contributed by atoms with Crippen LogP contribution in [-0.2, 0) is 21.2 Å². The van der Waals surface area contributed by atoms with Crippen LogP contribution >= 0.6 is 0 Å². The van der Waals surface area contributed by atoms with Gasteiger partial charge in [0.2, 0.25) is 15.9 Å². The number of nitrogens with zero attached hydrogens (tertiary/aromatic N) is 4. The predicted octanol–water partition coefficient (Wildman–Crippen LogP) is 0.977. The van der Waals surface area contributed by atoms with E-state index in [0.717, 1.165) is 12.1 Å². The van der Waals surface area contributed by atoms with Gasteiger partial charge < -0.3 is 4.90 Å². The SMILES string of the molecule is O=C(CN1CCN(S(=O)(=O)c2cccnc2)CC1)N1CCc2ccccc21. The molecule has 1 aromatic heterocycles. The Labute approximate surface area is 159 Å². The first-order valence-electron chi connectivity index (χ1n) is 9.06. The van der Waals surface area contributed by atoms with Crippen molar-refractivity contribution in [2.75, 3.05) is 44.2 Å². The molecule has 2 aliphatic heterocycles. The number of carbonyl (C=O) groups is 1. The molecule has 0 radical (unpaired) electrons. The predicted molar refractivity (Wildman–Crippen MR) is 102 cm³/mol. The summed E-state index contributed by atoms with van der Waals surface area (Å²) in [6.45, 7) is 2.87. The Hall–Kier alpha value is -2.29. The average Bonchev–Trinajstić information content (AvgIpc) is 3.13. The summed E-state index contributed by atoms with van der Waals surface area (Å²) < 4.78 is 26.8. The molecule has 7 nitrogen and oxygen atoms in total. The number of sulfonamides is 1. The van der Waals surface area contributed by atoms with Crippen LogP contribution in [-0.4, -0.2) is 67.8 Å². The van der Waals surface area contributed by atoms with Crippen molar-refractivity contribution in [2.45, 2.75) is 11.3 Å². The van der Waals surface area contributed by atoms with Gasteiger partial charge in [-0.05, 0) is 30.2 Å². The smallest absolute Gasteiger partial charge is 0.244 e. The number of benzene rings is 1. The zero-order valence-electron chi connectivity index (χ0n) is 15.0. The van der Waals surface area contributed by atoms with Crippen molar-refractivity contribution in [1.29, 1.82) is 0 Å². The normalized spacial score (nSPS) is 18.4. The molecule has 4 rings (SSSR count). The van der Waals surface area contributed by atoms with Crippen molar-refractivity contribution >= 4 is 21.6 Å². The fraction of sp³-hybridized carbons (Fsp3) is 0.368. The van der Waals surface area contributed by atoms with Crippen LogP contribution in [0, 0.1) is 0 Å². The summed E-state index contributed by atoms with van der Waals surface area (Å²) in [6.07, 6.45) is 3.81. The molecule has 1 aromatic carbocycles. The highest BCUT2D eigenvalue weighted by atomic mass is 32.2. The zero-order chi connectivity index (χ0) is 18.9. The molecule has 1 fully saturated rings. The number of anilines is 1. The van der Waals surface area contributed by atoms with E-state index in [2.05, 4.69) is 11.1 Å². The standard InChI is InChI=1S/C19H22N4O3S/c24-19(23-9-7-16-4-1-2-6-18(16)23)15-21-10-12-22(13-11-21)27(25,26)17-5-3-8-20-14-17/h1-6,8,14H,7,9-13,15H2. The molecule has 0 aliphatic carbocycles. The highest BCUT2D eigenvalue weighted by Gasteiger charge is 2.31. The number of hydrogen-bond donors (Lipinski definition) is 0. The van der Waals surface area contributed by atoms with E-state index in [1.807, 2.05) is 28.0 Å². The monoisotopic (exact) mass is 386 g/mol. The highest BCUT2D eigenvalue weighted by molar-refractivity contribution is 7.89. The molecule has 0 bridgehead atoms. The molecule has 2 aromatic rings. The Kier molecular flexibility index (Phi) is 4.94. The Morgan fingerprint density at radius 1 is 1.00 bits per heavy atom. The fourth-order valence-corrected chi connectivity index (χ4v) is 5.04. The van der Waals surface area contributed by atoms with E-state index in [1.54, 1.807) is 18.3 Å². The Balaban J connectivity index is 1.36. The lowest BCUT2D eigenvalue weighted by Gasteiger charge is -2.34. The van der Waals surface area contributed by atoms with E-state index in [9.17, 15) is 13.2 Å². The van der Waals surface area contributed by atoms with Crippen molar-refractivity contribution in [2.24, 2.45) is 0 Å². The summed E-state index contributed by atoms with van der Waals surface area (Å²) in [7, 11) is -3.52. The fourth-order valence-electron chi connectivity index (χ4n) is 3.65. The molecule has 0 atom stereocenters. The number of hydrogen-bond acceptors (Lipinski definition) is 5. The molecule has 1 amide bonds. The first-order valence-corrected chi connectivity index (χ1v) is 10.5. The number of rotatable bonds is 4. The third kappa shape index (κ3) is 3.60. The largest absolute Gasteiger partial charge is 0.311 e. The van der Waals surface area contributed by atoms with Crippen LogP contribution in [0.4, 0.5) is 5.69 Å². The summed E-state index contributed by atoms with van der Waals surface area (Å²) in [5.41, 5.74) is 2.21. The number of para-hydroxylation sites is 1. The van der Waals surface area contributed by atoms with E-state index in [1.165, 1.54) is 16.1 Å². The van der Waals surface area contributed by atoms with Gasteiger partial charge in [-0.2, -0.15) is 4.31 Å². The molecule has 0 unspecified atom stereocenters. The minimum absolute atomic E-state index is 0.0727. The maximum absolute atomic E-state index is 12.7. The number of amides is 1. The minimum atomic E-state index is -3.52. The summed E-state index contributed by atoms with van der Waals surface area (Å²) in [5.74, 6) is 0.0727. The van der Waals surface area contributed by atoms with Crippen molar-refractivity contribution < 1.29 is 13.2 Å². The molecular formula is C19H22N4O3S. The molecule has 27 heavy (non-hydrogen) atoms. The molecule has 1 saturated heterocycles. The second kappa shape index (κ2) is 7.38. The molecule has 142 valence electrons. The summed E-state index contributed by atoms with van der Waals surface area (Å²) >= 11 is 0. The average molecular weight is 386 g/mol. The first-order chi connectivity index (χ1) is 13.1. The second-order valence-corrected chi connectivity index (χ2v) is 8.73. The van der Waals surface area contributed by atoms with Crippen LogP contribution < -0.4 is 4.90 Å². The van der Waals surface area contributed by atoms with Gasteiger partial charge in [-0.3, -0.25) is 14.7 Å². The van der Waals surface area contributed by atoms with Gasteiger partial charge in [0.1, 0.15) is 4.90 Å². The number of fused-ring (bicyclic) bond motifs is 1. The van der Waals surface area contributed by atoms with Crippen LogP contribution in [0.2, 0.25) is 0 Å². The van der Waals surface area contributed by atoms with Crippen LogP contribution in [0.5, 0.6) is 0 Å². The molecular weight excluding hydrogens is 364 g/mol. The Bertz CT molecular complexity index is 925. The Morgan fingerprint density at radius 2 is 1.78 bits per heavy atom. The van der Waals surface area contributed by atoms with Crippen molar-refractivity contribution in [3.8, 4) is 0 Å². The lowest BCUT2D eigenvalue weighted by atomic mass is 10.2. The van der Waals surface area contributed by atoms with E-state index >= 15 is 0 Å². The van der Waals surface area contributed by atoms with E-state index in [-0.39, 0.29) is 10.8 Å². The maximum Gasteiger partial charge on any atom is 0.244 e. The van der Waals surface area contributed by atoms with Gasteiger partial charge in [0, 0.05) is 50.8 Å². The van der Waals surface area contributed by atoms with Crippen LogP contribution in [0.25, 0.3) is 0 Å². The molecule has 3 heterocycles. The minimum Gasteiger partial charge on any atom is -0.311 e. The molecule has 8 heteroatoms. The number of aromatic nitrogens is 1. The van der Waals surface area contributed by atoms with Crippen LogP contribution in [0.1, 0.15) is 5.56 Å². The lowest BCUT2D eigenvalue weighted by Crippen LogP contribution is -2.51. The third-order valence-electron chi connectivity index (χ3n) is 5.15. The number of pyridine rings is 1. The van der Waals surface area contributed by atoms with Crippen LogP contribution in [0.15, 0.2) is 53.7 Å². The van der Waals surface area contributed by atoms with Crippen molar-refractivity contribution in [1.82, 2.24) is 14.2 Å². The maximum atomic E-state index is 12.7. The van der Waals surface area contributed by atoms with Gasteiger partial charge in [0.05, 0.1) is 6.54 Å². The van der Waals surface area contributed by atoms with Crippen LogP contribution in [0.3, 0.4) is 0 Å². The van der Waals surface area contributed by atoms with Gasteiger partial charge >= 0.3 is 0 Å². The second-order valence-electron chi connectivity index (χ2n) is 6.79. The van der Waals surface area contributed by atoms with Crippen molar-refractivity contribution in [3.05, 3.63) is 54.4 Å². The van der Waals surface area contributed by atoms with E-state index in [0.29, 0.717) is 39.3 Å². The van der Waals surface area contributed by atoms with Gasteiger partial charge in [-0.25, -0.2) is 8.42 Å². The van der Waals surface area contributed by atoms with E-state index in [4.69, 9.17) is 0 Å².